The number of carbonyl (C=O) groups is 1. The predicted molar refractivity (Wildman–Crippen MR) is 104 cm³/mol. The fourth-order valence-electron chi connectivity index (χ4n) is 3.28. The summed E-state index contributed by atoms with van der Waals surface area (Å²) in [6.07, 6.45) is 1.48. The van der Waals surface area contributed by atoms with Crippen LogP contribution in [0.25, 0.3) is 11.4 Å². The van der Waals surface area contributed by atoms with E-state index in [1.165, 1.54) is 23.1 Å². The minimum Gasteiger partial charge on any atom is -0.485 e. The lowest BCUT2D eigenvalue weighted by Crippen LogP contribution is -2.13. The highest BCUT2D eigenvalue weighted by molar-refractivity contribution is 5.98. The molecule has 0 N–H and O–H groups in total. The Balaban J connectivity index is 1.53. The van der Waals surface area contributed by atoms with E-state index in [1.54, 1.807) is 36.4 Å². The molecule has 2 heterocycles. The maximum Gasteiger partial charge on any atom is 0.202 e. The van der Waals surface area contributed by atoms with Crippen molar-refractivity contribution in [3.63, 3.8) is 0 Å². The second-order valence-electron chi connectivity index (χ2n) is 6.56. The van der Waals surface area contributed by atoms with Gasteiger partial charge in [0.05, 0.1) is 5.69 Å². The highest BCUT2D eigenvalue weighted by Gasteiger charge is 2.17. The lowest BCUT2D eigenvalue weighted by Gasteiger charge is -2.10. The molecule has 0 aliphatic rings. The Labute approximate surface area is 166 Å². The van der Waals surface area contributed by atoms with Gasteiger partial charge in [0.2, 0.25) is 5.78 Å². The van der Waals surface area contributed by atoms with Crippen molar-refractivity contribution in [3.8, 4) is 17.1 Å². The summed E-state index contributed by atoms with van der Waals surface area (Å²) in [5.41, 5.74) is 3.53. The number of hydrogen-bond donors (Lipinski definition) is 0. The standard InChI is InChI=1S/C21H18FN5O2/c1-14-9-20(15(2)27(14)18-7-3-5-16(22)10-18)21(28)12-29-19-8-4-6-17(11-19)26-13-23-24-25-26/h3-11,13H,12H2,1-2H3. The molecule has 0 aliphatic heterocycles. The molecule has 29 heavy (non-hydrogen) atoms. The summed E-state index contributed by atoms with van der Waals surface area (Å²) >= 11 is 0. The summed E-state index contributed by atoms with van der Waals surface area (Å²) in [5.74, 6) is 0.0486. The van der Waals surface area contributed by atoms with Crippen LogP contribution >= 0.6 is 0 Å². The van der Waals surface area contributed by atoms with E-state index < -0.39 is 0 Å². The van der Waals surface area contributed by atoms with Crippen LogP contribution < -0.4 is 4.74 Å². The molecule has 0 radical (unpaired) electrons. The molecule has 0 fully saturated rings. The van der Waals surface area contributed by atoms with Gasteiger partial charge in [0.15, 0.2) is 6.61 Å². The molecule has 0 amide bonds. The number of tetrazole rings is 1. The maximum atomic E-state index is 13.6. The van der Waals surface area contributed by atoms with Gasteiger partial charge in [-0.25, -0.2) is 9.07 Å². The minimum absolute atomic E-state index is 0.119. The van der Waals surface area contributed by atoms with Crippen LogP contribution in [0.1, 0.15) is 21.7 Å². The molecule has 7 nitrogen and oxygen atoms in total. The first kappa shape index (κ1) is 18.5. The average Bonchev–Trinajstić information content (AvgIpc) is 3.35. The van der Waals surface area contributed by atoms with Gasteiger partial charge in [-0.2, -0.15) is 0 Å². The molecule has 2 aromatic carbocycles. The molecule has 4 aromatic rings. The third kappa shape index (κ3) is 3.77. The predicted octanol–water partition coefficient (Wildman–Crippen LogP) is 3.47. The first-order valence-electron chi connectivity index (χ1n) is 8.97. The van der Waals surface area contributed by atoms with Gasteiger partial charge in [0.1, 0.15) is 17.9 Å². The van der Waals surface area contributed by atoms with Gasteiger partial charge in [-0.3, -0.25) is 4.79 Å². The Morgan fingerprint density at radius 1 is 1.07 bits per heavy atom. The first-order chi connectivity index (χ1) is 14.0. The summed E-state index contributed by atoms with van der Waals surface area (Å²) in [7, 11) is 0. The number of nitrogens with zero attached hydrogens (tertiary/aromatic N) is 5. The topological polar surface area (TPSA) is 74.8 Å². The van der Waals surface area contributed by atoms with Crippen molar-refractivity contribution >= 4 is 5.78 Å². The van der Waals surface area contributed by atoms with E-state index in [1.807, 2.05) is 24.5 Å². The van der Waals surface area contributed by atoms with Crippen LogP contribution in [0.4, 0.5) is 4.39 Å². The van der Waals surface area contributed by atoms with Crippen LogP contribution in [0, 0.1) is 19.7 Å². The van der Waals surface area contributed by atoms with Gasteiger partial charge >= 0.3 is 0 Å². The Bertz CT molecular complexity index is 1170. The van der Waals surface area contributed by atoms with Gasteiger partial charge in [-0.15, -0.1) is 5.10 Å². The van der Waals surface area contributed by atoms with E-state index >= 15 is 0 Å². The van der Waals surface area contributed by atoms with Crippen molar-refractivity contribution in [2.75, 3.05) is 6.61 Å². The molecule has 0 atom stereocenters. The zero-order valence-corrected chi connectivity index (χ0v) is 15.9. The van der Waals surface area contributed by atoms with Crippen molar-refractivity contribution in [1.82, 2.24) is 24.8 Å². The summed E-state index contributed by atoms with van der Waals surface area (Å²) in [6, 6.07) is 15.2. The first-order valence-corrected chi connectivity index (χ1v) is 8.97. The molecule has 0 aliphatic carbocycles. The third-order valence-corrected chi connectivity index (χ3v) is 4.60. The number of rotatable bonds is 6. The Hall–Kier alpha value is -3.81. The Morgan fingerprint density at radius 2 is 1.86 bits per heavy atom. The number of aromatic nitrogens is 5. The number of halogens is 1. The number of Topliss-reactive ketones (excluding diaryl/α,β-unsaturated/α-hetero) is 1. The number of hydrogen-bond acceptors (Lipinski definition) is 5. The second-order valence-corrected chi connectivity index (χ2v) is 6.56. The molecule has 8 heteroatoms. The maximum absolute atomic E-state index is 13.6. The van der Waals surface area contributed by atoms with Crippen molar-refractivity contribution in [2.45, 2.75) is 13.8 Å². The van der Waals surface area contributed by atoms with Gasteiger partial charge < -0.3 is 9.30 Å². The Morgan fingerprint density at radius 3 is 2.62 bits per heavy atom. The van der Waals surface area contributed by atoms with E-state index in [9.17, 15) is 9.18 Å². The third-order valence-electron chi connectivity index (χ3n) is 4.60. The smallest absolute Gasteiger partial charge is 0.202 e. The monoisotopic (exact) mass is 391 g/mol. The van der Waals surface area contributed by atoms with Crippen molar-refractivity contribution < 1.29 is 13.9 Å². The van der Waals surface area contributed by atoms with E-state index in [0.29, 0.717) is 17.0 Å². The molecule has 4 rings (SSSR count). The van der Waals surface area contributed by atoms with Crippen molar-refractivity contribution in [1.29, 1.82) is 0 Å². The van der Waals surface area contributed by atoms with E-state index in [0.717, 1.165) is 17.1 Å². The Kier molecular flexibility index (Phi) is 4.90. The van der Waals surface area contributed by atoms with Gasteiger partial charge in [-0.05, 0) is 60.7 Å². The summed E-state index contributed by atoms with van der Waals surface area (Å²) < 4.78 is 22.7. The summed E-state index contributed by atoms with van der Waals surface area (Å²) in [5, 5.41) is 11.0. The van der Waals surface area contributed by atoms with Crippen LogP contribution in [-0.2, 0) is 0 Å². The van der Waals surface area contributed by atoms with Crippen LogP contribution in [0.5, 0.6) is 5.75 Å². The average molecular weight is 391 g/mol. The van der Waals surface area contributed by atoms with E-state index in [2.05, 4.69) is 15.5 Å². The lowest BCUT2D eigenvalue weighted by molar-refractivity contribution is 0.0921. The number of ketones is 1. The molecule has 0 bridgehead atoms. The number of carbonyl (C=O) groups excluding carboxylic acids is 1. The van der Waals surface area contributed by atoms with Crippen molar-refractivity contribution in [2.24, 2.45) is 0 Å². The lowest BCUT2D eigenvalue weighted by atomic mass is 10.1. The van der Waals surface area contributed by atoms with Crippen LogP contribution in [-0.4, -0.2) is 37.2 Å². The normalized spacial score (nSPS) is 10.9. The molecule has 0 saturated heterocycles. The fraction of sp³-hybridized carbons (Fsp3) is 0.143. The zero-order chi connectivity index (χ0) is 20.4. The SMILES string of the molecule is Cc1cc(C(=O)COc2cccc(-n3cnnn3)c2)c(C)n1-c1cccc(F)c1. The second kappa shape index (κ2) is 7.67. The molecule has 0 saturated carbocycles. The van der Waals surface area contributed by atoms with E-state index in [-0.39, 0.29) is 18.2 Å². The largest absolute Gasteiger partial charge is 0.485 e. The highest BCUT2D eigenvalue weighted by Crippen LogP contribution is 2.22. The quantitative estimate of drug-likeness (QED) is 0.471. The molecule has 0 spiro atoms. The molecular weight excluding hydrogens is 373 g/mol. The number of benzene rings is 2. The van der Waals surface area contributed by atoms with Crippen LogP contribution in [0.3, 0.4) is 0 Å². The summed E-state index contributed by atoms with van der Waals surface area (Å²) in [6.45, 7) is 3.60. The molecule has 2 aromatic heterocycles. The van der Waals surface area contributed by atoms with Gasteiger partial charge in [-0.1, -0.05) is 12.1 Å². The van der Waals surface area contributed by atoms with Crippen LogP contribution in [0.15, 0.2) is 60.9 Å². The number of ether oxygens (including phenoxy) is 1. The highest BCUT2D eigenvalue weighted by atomic mass is 19.1. The molecular formula is C21H18FN5O2. The molecule has 0 unspecified atom stereocenters. The molecule has 146 valence electrons. The van der Waals surface area contributed by atoms with Crippen LogP contribution in [0.2, 0.25) is 0 Å². The zero-order valence-electron chi connectivity index (χ0n) is 15.9. The van der Waals surface area contributed by atoms with Gasteiger partial charge in [0, 0.05) is 28.7 Å². The summed E-state index contributed by atoms with van der Waals surface area (Å²) in [4.78, 5) is 12.8. The minimum atomic E-state index is -0.325. The fourth-order valence-corrected chi connectivity index (χ4v) is 3.28. The van der Waals surface area contributed by atoms with Crippen molar-refractivity contribution in [3.05, 3.63) is 83.7 Å². The number of aryl methyl sites for hydroxylation is 1. The van der Waals surface area contributed by atoms with Gasteiger partial charge in [0.25, 0.3) is 0 Å². The van der Waals surface area contributed by atoms with E-state index in [4.69, 9.17) is 4.74 Å².